The molecule has 1 rings (SSSR count). The molecule has 0 atom stereocenters. The molecule has 0 heterocycles. The lowest BCUT2D eigenvalue weighted by Crippen LogP contribution is -2.16. The summed E-state index contributed by atoms with van der Waals surface area (Å²) in [4.78, 5) is 33.2. The largest absolute Gasteiger partial charge is 0.466 e. The van der Waals surface area contributed by atoms with Crippen LogP contribution in [0.3, 0.4) is 0 Å². The van der Waals surface area contributed by atoms with Crippen LogP contribution in [0.4, 0.5) is 11.4 Å². The summed E-state index contributed by atoms with van der Waals surface area (Å²) < 4.78 is 8.92. The van der Waals surface area contributed by atoms with Crippen LogP contribution >= 0.6 is 0 Å². The molecule has 1 N–H and O–H groups in total. The fourth-order valence-corrected chi connectivity index (χ4v) is 1.48. The normalized spacial score (nSPS) is 10.7. The van der Waals surface area contributed by atoms with Gasteiger partial charge in [-0.3, -0.25) is 10.1 Å². The van der Waals surface area contributed by atoms with Crippen molar-refractivity contribution in [2.75, 3.05) is 19.5 Å². The monoisotopic (exact) mass is 294 g/mol. The average molecular weight is 294 g/mol. The third-order valence-corrected chi connectivity index (χ3v) is 2.49. The van der Waals surface area contributed by atoms with Crippen molar-refractivity contribution >= 4 is 23.3 Å². The van der Waals surface area contributed by atoms with Crippen LogP contribution in [-0.2, 0) is 19.1 Å². The van der Waals surface area contributed by atoms with Crippen molar-refractivity contribution in [3.8, 4) is 0 Å². The molecule has 1 aromatic rings. The van der Waals surface area contributed by atoms with E-state index in [0.29, 0.717) is 5.56 Å². The smallest absolute Gasteiger partial charge is 0.354 e. The molecule has 0 amide bonds. The number of nitro groups is 1. The van der Waals surface area contributed by atoms with Gasteiger partial charge in [0.1, 0.15) is 11.4 Å². The zero-order valence-electron chi connectivity index (χ0n) is 11.7. The summed E-state index contributed by atoms with van der Waals surface area (Å²) in [6, 6.07) is 4.40. The Labute approximate surface area is 120 Å². The molecule has 0 saturated heterocycles. The zero-order chi connectivity index (χ0) is 16.0. The first-order valence-corrected chi connectivity index (χ1v) is 5.79. The molecule has 112 valence electrons. The zero-order valence-corrected chi connectivity index (χ0v) is 11.7. The number of aryl methyl sites for hydroxylation is 1. The van der Waals surface area contributed by atoms with Gasteiger partial charge in [0.2, 0.25) is 0 Å². The maximum atomic E-state index is 11.6. The van der Waals surface area contributed by atoms with Crippen molar-refractivity contribution in [3.63, 3.8) is 0 Å². The molecule has 0 aliphatic rings. The topological polar surface area (TPSA) is 108 Å². The minimum atomic E-state index is -0.852. The van der Waals surface area contributed by atoms with E-state index in [0.717, 1.165) is 20.3 Å². The second kappa shape index (κ2) is 7.04. The molecule has 0 fully saturated rings. The van der Waals surface area contributed by atoms with Gasteiger partial charge in [0, 0.05) is 6.07 Å². The van der Waals surface area contributed by atoms with Crippen LogP contribution in [0.1, 0.15) is 5.56 Å². The predicted octanol–water partition coefficient (Wildman–Crippen LogP) is 1.55. The summed E-state index contributed by atoms with van der Waals surface area (Å²) in [5, 5.41) is 13.5. The molecule has 21 heavy (non-hydrogen) atoms. The van der Waals surface area contributed by atoms with Gasteiger partial charge in [0.25, 0.3) is 5.69 Å². The number of nitro benzene ring substituents is 1. The van der Waals surface area contributed by atoms with Gasteiger partial charge >= 0.3 is 11.9 Å². The lowest BCUT2D eigenvalue weighted by molar-refractivity contribution is -0.384. The number of carbonyl (C=O) groups excluding carboxylic acids is 2. The average Bonchev–Trinajstić information content (AvgIpc) is 2.46. The quantitative estimate of drug-likeness (QED) is 0.380. The summed E-state index contributed by atoms with van der Waals surface area (Å²) in [5.41, 5.74) is 0.251. The summed E-state index contributed by atoms with van der Waals surface area (Å²) in [6.45, 7) is 1.70. The number of anilines is 1. The Balaban J connectivity index is 3.21. The number of esters is 2. The second-order valence-electron chi connectivity index (χ2n) is 3.98. The van der Waals surface area contributed by atoms with E-state index >= 15 is 0 Å². The standard InChI is InChI=1S/C13H14N2O6/c1-8-4-5-9(11(6-8)15(18)19)14-10(13(17)21-3)7-12(16)20-2/h4-7,14H,1-3H3. The number of hydrogen-bond acceptors (Lipinski definition) is 7. The Morgan fingerprint density at radius 2 is 1.95 bits per heavy atom. The summed E-state index contributed by atoms with van der Waals surface area (Å²) in [5.74, 6) is -1.65. The molecule has 8 heteroatoms. The van der Waals surface area contributed by atoms with E-state index in [9.17, 15) is 19.7 Å². The van der Waals surface area contributed by atoms with Gasteiger partial charge in [0.05, 0.1) is 25.2 Å². The molecule has 8 nitrogen and oxygen atoms in total. The molecular formula is C13H14N2O6. The van der Waals surface area contributed by atoms with E-state index < -0.39 is 16.9 Å². The van der Waals surface area contributed by atoms with Crippen LogP contribution in [-0.4, -0.2) is 31.1 Å². The van der Waals surface area contributed by atoms with E-state index in [-0.39, 0.29) is 17.1 Å². The van der Waals surface area contributed by atoms with Crippen LogP contribution in [0, 0.1) is 17.0 Å². The van der Waals surface area contributed by atoms with Gasteiger partial charge < -0.3 is 14.8 Å². The molecule has 0 bridgehead atoms. The highest BCUT2D eigenvalue weighted by Crippen LogP contribution is 2.26. The molecule has 0 saturated carbocycles. The number of nitrogens with zero attached hydrogens (tertiary/aromatic N) is 1. The van der Waals surface area contributed by atoms with Gasteiger partial charge in [-0.2, -0.15) is 0 Å². The molecule has 0 radical (unpaired) electrons. The highest BCUT2D eigenvalue weighted by atomic mass is 16.6. The van der Waals surface area contributed by atoms with Gasteiger partial charge in [-0.15, -0.1) is 0 Å². The van der Waals surface area contributed by atoms with Crippen LogP contribution in [0.25, 0.3) is 0 Å². The van der Waals surface area contributed by atoms with Crippen LogP contribution < -0.4 is 5.32 Å². The SMILES string of the molecule is COC(=O)C=C(Nc1ccc(C)cc1[N+](=O)[O-])C(=O)OC. The van der Waals surface area contributed by atoms with Crippen LogP contribution in [0.5, 0.6) is 0 Å². The van der Waals surface area contributed by atoms with Crippen molar-refractivity contribution in [3.05, 3.63) is 45.6 Å². The molecule has 0 unspecified atom stereocenters. The van der Waals surface area contributed by atoms with E-state index in [2.05, 4.69) is 14.8 Å². The minimum Gasteiger partial charge on any atom is -0.466 e. The molecule has 1 aromatic carbocycles. The highest BCUT2D eigenvalue weighted by Gasteiger charge is 2.19. The number of methoxy groups -OCH3 is 2. The van der Waals surface area contributed by atoms with Crippen molar-refractivity contribution in [2.24, 2.45) is 0 Å². The number of carbonyl (C=O) groups is 2. The maximum absolute atomic E-state index is 11.6. The third kappa shape index (κ3) is 4.30. The number of hydrogen-bond donors (Lipinski definition) is 1. The first kappa shape index (κ1) is 16.2. The summed E-state index contributed by atoms with van der Waals surface area (Å²) in [7, 11) is 2.26. The number of ether oxygens (including phenoxy) is 2. The van der Waals surface area contributed by atoms with Crippen molar-refractivity contribution < 1.29 is 24.0 Å². The van der Waals surface area contributed by atoms with E-state index in [4.69, 9.17) is 0 Å². The van der Waals surface area contributed by atoms with E-state index in [1.54, 1.807) is 13.0 Å². The predicted molar refractivity (Wildman–Crippen MR) is 73.6 cm³/mol. The van der Waals surface area contributed by atoms with Crippen molar-refractivity contribution in [1.82, 2.24) is 0 Å². The molecule has 0 aromatic heterocycles. The third-order valence-electron chi connectivity index (χ3n) is 2.49. The molecular weight excluding hydrogens is 280 g/mol. The van der Waals surface area contributed by atoms with Gasteiger partial charge in [-0.25, -0.2) is 9.59 Å². The number of nitrogens with one attached hydrogen (secondary N) is 1. The minimum absolute atomic E-state index is 0.0613. The Morgan fingerprint density at radius 1 is 1.29 bits per heavy atom. The Kier molecular flexibility index (Phi) is 5.41. The van der Waals surface area contributed by atoms with Gasteiger partial charge in [-0.1, -0.05) is 6.07 Å². The number of benzene rings is 1. The fraction of sp³-hybridized carbons (Fsp3) is 0.231. The van der Waals surface area contributed by atoms with Crippen molar-refractivity contribution in [2.45, 2.75) is 6.92 Å². The van der Waals surface area contributed by atoms with Crippen LogP contribution in [0.2, 0.25) is 0 Å². The maximum Gasteiger partial charge on any atom is 0.354 e. The first-order chi connectivity index (χ1) is 9.88. The fourth-order valence-electron chi connectivity index (χ4n) is 1.48. The Morgan fingerprint density at radius 3 is 2.48 bits per heavy atom. The summed E-state index contributed by atoms with van der Waals surface area (Å²) >= 11 is 0. The molecule has 0 aliphatic carbocycles. The summed E-state index contributed by atoms with van der Waals surface area (Å²) in [6.07, 6.45) is 0.857. The van der Waals surface area contributed by atoms with E-state index in [1.165, 1.54) is 12.1 Å². The Bertz CT molecular complexity index is 609. The lowest BCUT2D eigenvalue weighted by atomic mass is 10.2. The number of rotatable bonds is 5. The molecule has 0 aliphatic heterocycles. The lowest BCUT2D eigenvalue weighted by Gasteiger charge is -2.09. The van der Waals surface area contributed by atoms with Crippen molar-refractivity contribution in [1.29, 1.82) is 0 Å². The van der Waals surface area contributed by atoms with Crippen LogP contribution in [0.15, 0.2) is 30.0 Å². The van der Waals surface area contributed by atoms with Gasteiger partial charge in [-0.05, 0) is 18.6 Å². The highest BCUT2D eigenvalue weighted by molar-refractivity contribution is 5.99. The van der Waals surface area contributed by atoms with Gasteiger partial charge in [0.15, 0.2) is 0 Å². The first-order valence-electron chi connectivity index (χ1n) is 5.79. The molecule has 0 spiro atoms. The second-order valence-corrected chi connectivity index (χ2v) is 3.98. The van der Waals surface area contributed by atoms with E-state index in [1.807, 2.05) is 0 Å². The Hall–Kier alpha value is -2.90.